The molecule has 2 aromatic carbocycles. The Hall–Kier alpha value is -2.18. The number of rotatable bonds is 7. The summed E-state index contributed by atoms with van der Waals surface area (Å²) in [6.45, 7) is 4.04. The van der Waals surface area contributed by atoms with E-state index in [-0.39, 0.29) is 11.2 Å². The molecule has 0 bridgehead atoms. The predicted octanol–water partition coefficient (Wildman–Crippen LogP) is 5.10. The number of hydrazone groups is 1. The lowest BCUT2D eigenvalue weighted by Crippen LogP contribution is -2.29. The summed E-state index contributed by atoms with van der Waals surface area (Å²) in [6, 6.07) is 17.9. The first kappa shape index (κ1) is 18.6. The van der Waals surface area contributed by atoms with Gasteiger partial charge in [-0.1, -0.05) is 68.1 Å². The standard InChI is InChI=1S/C20H21N3OS2/c1-3-15(14-10-6-5-7-11-14)22-23-19(24)17(4-2)25-20-21-16-12-8-9-13-18(16)26-20/h5-13,17H,3-4H2,1-2H3,(H,23,24)/b22-15+/t17-/m0/s1. The zero-order valence-electron chi connectivity index (χ0n) is 14.8. The maximum atomic E-state index is 12.6. The molecule has 1 heterocycles. The van der Waals surface area contributed by atoms with Crippen LogP contribution in [0.3, 0.4) is 0 Å². The molecule has 0 aliphatic rings. The molecule has 0 radical (unpaired) electrons. The van der Waals surface area contributed by atoms with E-state index < -0.39 is 0 Å². The number of nitrogens with one attached hydrogen (secondary N) is 1. The number of hydrogen-bond acceptors (Lipinski definition) is 5. The average molecular weight is 384 g/mol. The Morgan fingerprint density at radius 3 is 2.58 bits per heavy atom. The van der Waals surface area contributed by atoms with Crippen molar-refractivity contribution in [3.8, 4) is 0 Å². The van der Waals surface area contributed by atoms with Crippen LogP contribution >= 0.6 is 23.1 Å². The van der Waals surface area contributed by atoms with Crippen molar-refractivity contribution in [2.24, 2.45) is 5.10 Å². The summed E-state index contributed by atoms with van der Waals surface area (Å²) in [7, 11) is 0. The van der Waals surface area contributed by atoms with Crippen LogP contribution in [-0.2, 0) is 4.79 Å². The molecule has 0 aliphatic carbocycles. The summed E-state index contributed by atoms with van der Waals surface area (Å²) in [5.74, 6) is -0.0846. The fraction of sp³-hybridized carbons (Fsp3) is 0.250. The van der Waals surface area contributed by atoms with Crippen LogP contribution in [-0.4, -0.2) is 21.9 Å². The molecule has 1 atom stereocenters. The Morgan fingerprint density at radius 1 is 1.15 bits per heavy atom. The first-order valence-electron chi connectivity index (χ1n) is 8.65. The molecule has 3 rings (SSSR count). The molecular formula is C20H21N3OS2. The molecule has 1 N–H and O–H groups in total. The smallest absolute Gasteiger partial charge is 0.253 e. The minimum atomic E-state index is -0.215. The number of amides is 1. The summed E-state index contributed by atoms with van der Waals surface area (Å²) in [5.41, 5.74) is 5.62. The van der Waals surface area contributed by atoms with E-state index in [2.05, 4.69) is 21.6 Å². The number of fused-ring (bicyclic) bond motifs is 1. The third-order valence-corrected chi connectivity index (χ3v) is 6.42. The van der Waals surface area contributed by atoms with Crippen LogP contribution in [0.4, 0.5) is 0 Å². The second kappa shape index (κ2) is 8.96. The summed E-state index contributed by atoms with van der Waals surface area (Å²) < 4.78 is 2.05. The summed E-state index contributed by atoms with van der Waals surface area (Å²) >= 11 is 3.12. The molecule has 0 saturated heterocycles. The lowest BCUT2D eigenvalue weighted by molar-refractivity contribution is -0.120. The number of thiazole rings is 1. The first-order chi connectivity index (χ1) is 12.7. The number of nitrogens with zero attached hydrogens (tertiary/aromatic N) is 2. The monoisotopic (exact) mass is 383 g/mol. The Kier molecular flexibility index (Phi) is 6.41. The highest BCUT2D eigenvalue weighted by atomic mass is 32.2. The van der Waals surface area contributed by atoms with Gasteiger partial charge in [-0.05, 0) is 30.5 Å². The zero-order valence-corrected chi connectivity index (χ0v) is 16.4. The first-order valence-corrected chi connectivity index (χ1v) is 10.3. The number of benzene rings is 2. The van der Waals surface area contributed by atoms with Gasteiger partial charge in [0.25, 0.3) is 5.91 Å². The van der Waals surface area contributed by atoms with Crippen molar-refractivity contribution in [3.63, 3.8) is 0 Å². The van der Waals surface area contributed by atoms with E-state index in [9.17, 15) is 4.79 Å². The van der Waals surface area contributed by atoms with Crippen LogP contribution in [0, 0.1) is 0 Å². The van der Waals surface area contributed by atoms with Gasteiger partial charge in [-0.3, -0.25) is 4.79 Å². The Balaban J connectivity index is 1.69. The molecule has 4 nitrogen and oxygen atoms in total. The molecule has 134 valence electrons. The predicted molar refractivity (Wildman–Crippen MR) is 111 cm³/mol. The lowest BCUT2D eigenvalue weighted by atomic mass is 10.1. The molecule has 0 unspecified atom stereocenters. The molecular weight excluding hydrogens is 362 g/mol. The van der Waals surface area contributed by atoms with E-state index in [0.717, 1.165) is 38.7 Å². The molecule has 3 aromatic rings. The van der Waals surface area contributed by atoms with Crippen molar-refractivity contribution in [2.75, 3.05) is 0 Å². The van der Waals surface area contributed by atoms with Crippen LogP contribution in [0.25, 0.3) is 10.2 Å². The van der Waals surface area contributed by atoms with Crippen molar-refractivity contribution in [3.05, 3.63) is 60.2 Å². The largest absolute Gasteiger partial charge is 0.272 e. The van der Waals surface area contributed by atoms with Crippen LogP contribution in [0.2, 0.25) is 0 Å². The molecule has 26 heavy (non-hydrogen) atoms. The van der Waals surface area contributed by atoms with E-state index in [1.54, 1.807) is 11.3 Å². The van der Waals surface area contributed by atoms with Gasteiger partial charge in [-0.15, -0.1) is 11.3 Å². The van der Waals surface area contributed by atoms with Gasteiger partial charge < -0.3 is 0 Å². The number of aromatic nitrogens is 1. The van der Waals surface area contributed by atoms with Crippen molar-refractivity contribution < 1.29 is 4.79 Å². The van der Waals surface area contributed by atoms with Gasteiger partial charge >= 0.3 is 0 Å². The molecule has 0 aliphatic heterocycles. The number of carbonyl (C=O) groups is 1. The molecule has 0 saturated carbocycles. The number of thioether (sulfide) groups is 1. The number of carbonyl (C=O) groups excluding carboxylic acids is 1. The van der Waals surface area contributed by atoms with Gasteiger partial charge in [0.2, 0.25) is 0 Å². The zero-order chi connectivity index (χ0) is 18.4. The fourth-order valence-electron chi connectivity index (χ4n) is 2.52. The van der Waals surface area contributed by atoms with E-state index in [0.29, 0.717) is 0 Å². The van der Waals surface area contributed by atoms with Gasteiger partial charge in [0, 0.05) is 0 Å². The summed E-state index contributed by atoms with van der Waals surface area (Å²) in [6.07, 6.45) is 1.47. The van der Waals surface area contributed by atoms with Crippen molar-refractivity contribution in [1.29, 1.82) is 0 Å². The van der Waals surface area contributed by atoms with Crippen LogP contribution in [0.1, 0.15) is 32.3 Å². The van der Waals surface area contributed by atoms with Gasteiger partial charge in [0.15, 0.2) is 4.34 Å². The second-order valence-corrected chi connectivity index (χ2v) is 8.20. The fourth-order valence-corrected chi connectivity index (χ4v) is 4.75. The van der Waals surface area contributed by atoms with Gasteiger partial charge in [-0.25, -0.2) is 10.4 Å². The highest BCUT2D eigenvalue weighted by Gasteiger charge is 2.20. The van der Waals surface area contributed by atoms with E-state index >= 15 is 0 Å². The van der Waals surface area contributed by atoms with Crippen molar-refractivity contribution in [1.82, 2.24) is 10.4 Å². The molecule has 1 aromatic heterocycles. The molecule has 6 heteroatoms. The van der Waals surface area contributed by atoms with E-state index in [1.807, 2.05) is 62.4 Å². The molecule has 1 amide bonds. The molecule has 0 fully saturated rings. The highest BCUT2D eigenvalue weighted by molar-refractivity contribution is 8.02. The van der Waals surface area contributed by atoms with Gasteiger partial charge in [0.1, 0.15) is 0 Å². The minimum absolute atomic E-state index is 0.0846. The number of para-hydroxylation sites is 1. The van der Waals surface area contributed by atoms with Crippen LogP contribution in [0.15, 0.2) is 64.0 Å². The average Bonchev–Trinajstić information content (AvgIpc) is 3.09. The Morgan fingerprint density at radius 2 is 1.88 bits per heavy atom. The Bertz CT molecular complexity index is 873. The summed E-state index contributed by atoms with van der Waals surface area (Å²) in [5, 5.41) is 4.14. The maximum absolute atomic E-state index is 12.6. The number of hydrogen-bond donors (Lipinski definition) is 1. The second-order valence-electron chi connectivity index (χ2n) is 5.72. The Labute approximate surface area is 161 Å². The lowest BCUT2D eigenvalue weighted by Gasteiger charge is -2.11. The topological polar surface area (TPSA) is 54.4 Å². The van der Waals surface area contributed by atoms with Crippen molar-refractivity contribution in [2.45, 2.75) is 36.3 Å². The van der Waals surface area contributed by atoms with E-state index in [4.69, 9.17) is 0 Å². The normalized spacial score (nSPS) is 12.9. The highest BCUT2D eigenvalue weighted by Crippen LogP contribution is 2.33. The third-order valence-electron chi connectivity index (χ3n) is 3.92. The van der Waals surface area contributed by atoms with Crippen LogP contribution in [0.5, 0.6) is 0 Å². The SMILES string of the molecule is CC/C(=N\NC(=O)[C@H](CC)Sc1nc2ccccc2s1)c1ccccc1. The van der Waals surface area contributed by atoms with E-state index in [1.165, 1.54) is 11.8 Å². The van der Waals surface area contributed by atoms with Gasteiger partial charge in [-0.2, -0.15) is 5.10 Å². The van der Waals surface area contributed by atoms with Crippen molar-refractivity contribution >= 4 is 44.9 Å². The maximum Gasteiger partial charge on any atom is 0.253 e. The third kappa shape index (κ3) is 4.51. The van der Waals surface area contributed by atoms with Gasteiger partial charge in [0.05, 0.1) is 21.2 Å². The molecule has 0 spiro atoms. The minimum Gasteiger partial charge on any atom is -0.272 e. The van der Waals surface area contributed by atoms with Crippen LogP contribution < -0.4 is 5.43 Å². The summed E-state index contributed by atoms with van der Waals surface area (Å²) in [4.78, 5) is 17.2. The quantitative estimate of drug-likeness (QED) is 0.351.